The molecule has 0 radical (unpaired) electrons. The van der Waals surface area contributed by atoms with Crippen molar-refractivity contribution in [1.82, 2.24) is 9.88 Å². The Balaban J connectivity index is 1.52. The van der Waals surface area contributed by atoms with E-state index in [0.29, 0.717) is 23.6 Å². The summed E-state index contributed by atoms with van der Waals surface area (Å²) in [6.45, 7) is 1.52. The molecule has 138 valence electrons. The fourth-order valence-electron chi connectivity index (χ4n) is 4.27. The summed E-state index contributed by atoms with van der Waals surface area (Å²) in [5, 5.41) is 1.28. The average molecular weight is 364 g/mol. The van der Waals surface area contributed by atoms with Gasteiger partial charge in [-0.3, -0.25) is 4.90 Å². The van der Waals surface area contributed by atoms with Gasteiger partial charge in [0, 0.05) is 35.2 Å². The first kappa shape index (κ1) is 16.2. The van der Waals surface area contributed by atoms with E-state index in [4.69, 9.17) is 14.2 Å². The van der Waals surface area contributed by atoms with E-state index in [1.54, 1.807) is 7.11 Å². The standard InChI is InChI=1S/C21H20N2O4/c1-25-17-8-7-14-18(19(17)26-2)21(24)27-20(14)23-10-9-13-12-5-3-4-6-15(12)22-16(13)11-23/h3-8,20,22H,9-11H2,1-2H3. The number of nitrogens with one attached hydrogen (secondary N) is 1. The lowest BCUT2D eigenvalue weighted by molar-refractivity contribution is -0.0295. The summed E-state index contributed by atoms with van der Waals surface area (Å²) in [5.41, 5.74) is 4.99. The summed E-state index contributed by atoms with van der Waals surface area (Å²) in [6, 6.07) is 12.1. The number of H-pyrrole nitrogens is 1. The number of benzene rings is 2. The maximum atomic E-state index is 12.6. The molecule has 2 aliphatic heterocycles. The molecule has 0 saturated carbocycles. The van der Waals surface area contributed by atoms with Gasteiger partial charge < -0.3 is 19.2 Å². The van der Waals surface area contributed by atoms with Crippen LogP contribution in [0, 0.1) is 0 Å². The van der Waals surface area contributed by atoms with Crippen molar-refractivity contribution in [3.05, 3.63) is 58.8 Å². The number of fused-ring (bicyclic) bond motifs is 4. The van der Waals surface area contributed by atoms with E-state index in [-0.39, 0.29) is 5.97 Å². The van der Waals surface area contributed by atoms with Crippen molar-refractivity contribution in [2.24, 2.45) is 0 Å². The average Bonchev–Trinajstić information content (AvgIpc) is 3.24. The monoisotopic (exact) mass is 364 g/mol. The Morgan fingerprint density at radius 2 is 2.00 bits per heavy atom. The summed E-state index contributed by atoms with van der Waals surface area (Å²) >= 11 is 0. The molecule has 2 aliphatic rings. The van der Waals surface area contributed by atoms with E-state index in [1.165, 1.54) is 23.8 Å². The second-order valence-electron chi connectivity index (χ2n) is 6.87. The Morgan fingerprint density at radius 3 is 2.81 bits per heavy atom. The van der Waals surface area contributed by atoms with Gasteiger partial charge in [0.25, 0.3) is 0 Å². The third kappa shape index (κ3) is 2.33. The summed E-state index contributed by atoms with van der Waals surface area (Å²) in [4.78, 5) is 18.3. The molecule has 2 aromatic carbocycles. The quantitative estimate of drug-likeness (QED) is 0.722. The van der Waals surface area contributed by atoms with E-state index < -0.39 is 6.23 Å². The predicted molar refractivity (Wildman–Crippen MR) is 100 cm³/mol. The Bertz CT molecular complexity index is 1060. The molecular formula is C21H20N2O4. The molecule has 1 aromatic heterocycles. The molecule has 1 N–H and O–H groups in total. The van der Waals surface area contributed by atoms with Crippen LogP contribution in [-0.2, 0) is 17.7 Å². The number of carbonyl (C=O) groups excluding carboxylic acids is 1. The fourth-order valence-corrected chi connectivity index (χ4v) is 4.27. The van der Waals surface area contributed by atoms with Crippen LogP contribution in [0.1, 0.15) is 33.4 Å². The van der Waals surface area contributed by atoms with Crippen LogP contribution in [-0.4, -0.2) is 36.6 Å². The zero-order valence-electron chi connectivity index (χ0n) is 15.2. The Morgan fingerprint density at radius 1 is 1.15 bits per heavy atom. The second kappa shape index (κ2) is 6.03. The van der Waals surface area contributed by atoms with E-state index in [2.05, 4.69) is 28.1 Å². The van der Waals surface area contributed by atoms with E-state index in [9.17, 15) is 4.79 Å². The van der Waals surface area contributed by atoms with Gasteiger partial charge in [0.05, 0.1) is 14.2 Å². The van der Waals surface area contributed by atoms with Gasteiger partial charge in [0.1, 0.15) is 5.56 Å². The van der Waals surface area contributed by atoms with Crippen molar-refractivity contribution < 1.29 is 19.0 Å². The number of methoxy groups -OCH3 is 2. The smallest absolute Gasteiger partial charge is 0.344 e. The topological polar surface area (TPSA) is 63.8 Å². The number of rotatable bonds is 3. The number of aromatic nitrogens is 1. The van der Waals surface area contributed by atoms with Gasteiger partial charge in [-0.2, -0.15) is 0 Å². The molecule has 1 atom stereocenters. The number of hydrogen-bond acceptors (Lipinski definition) is 5. The first-order chi connectivity index (χ1) is 13.2. The number of nitrogens with zero attached hydrogens (tertiary/aromatic N) is 1. The normalized spacial score (nSPS) is 18.9. The lowest BCUT2D eigenvalue weighted by Gasteiger charge is -2.31. The Hall–Kier alpha value is -2.99. The van der Waals surface area contributed by atoms with Crippen molar-refractivity contribution in [2.75, 3.05) is 20.8 Å². The maximum absolute atomic E-state index is 12.6. The van der Waals surface area contributed by atoms with E-state index >= 15 is 0 Å². The lowest BCUT2D eigenvalue weighted by Crippen LogP contribution is -2.34. The fraction of sp³-hybridized carbons (Fsp3) is 0.286. The summed E-state index contributed by atoms with van der Waals surface area (Å²) in [6.07, 6.45) is 0.502. The molecule has 27 heavy (non-hydrogen) atoms. The van der Waals surface area contributed by atoms with Crippen molar-refractivity contribution in [1.29, 1.82) is 0 Å². The van der Waals surface area contributed by atoms with E-state index in [1.807, 2.05) is 18.2 Å². The molecule has 3 heterocycles. The highest BCUT2D eigenvalue weighted by Gasteiger charge is 2.40. The van der Waals surface area contributed by atoms with Crippen LogP contribution in [0.2, 0.25) is 0 Å². The first-order valence-corrected chi connectivity index (χ1v) is 8.99. The molecule has 0 bridgehead atoms. The van der Waals surface area contributed by atoms with Crippen molar-refractivity contribution >= 4 is 16.9 Å². The first-order valence-electron chi connectivity index (χ1n) is 8.99. The van der Waals surface area contributed by atoms with Crippen LogP contribution in [0.25, 0.3) is 10.9 Å². The molecule has 6 heteroatoms. The van der Waals surface area contributed by atoms with Crippen LogP contribution in [0.5, 0.6) is 11.5 Å². The van der Waals surface area contributed by atoms with Crippen LogP contribution >= 0.6 is 0 Å². The third-order valence-corrected chi connectivity index (χ3v) is 5.51. The molecule has 0 aliphatic carbocycles. The van der Waals surface area contributed by atoms with Crippen LogP contribution in [0.3, 0.4) is 0 Å². The number of aromatic amines is 1. The van der Waals surface area contributed by atoms with Gasteiger partial charge in [-0.15, -0.1) is 0 Å². The van der Waals surface area contributed by atoms with Gasteiger partial charge >= 0.3 is 5.97 Å². The van der Waals surface area contributed by atoms with Crippen molar-refractivity contribution in [2.45, 2.75) is 19.2 Å². The van der Waals surface area contributed by atoms with Gasteiger partial charge in [0.15, 0.2) is 17.7 Å². The van der Waals surface area contributed by atoms with Crippen LogP contribution < -0.4 is 9.47 Å². The molecule has 0 fully saturated rings. The summed E-state index contributed by atoms with van der Waals surface area (Å²) in [5.74, 6) is 0.601. The lowest BCUT2D eigenvalue weighted by atomic mass is 10.0. The van der Waals surface area contributed by atoms with Crippen LogP contribution in [0.15, 0.2) is 36.4 Å². The summed E-state index contributed by atoms with van der Waals surface area (Å²) in [7, 11) is 3.10. The maximum Gasteiger partial charge on any atom is 0.344 e. The van der Waals surface area contributed by atoms with Gasteiger partial charge in [-0.1, -0.05) is 18.2 Å². The van der Waals surface area contributed by atoms with Crippen molar-refractivity contribution in [3.8, 4) is 11.5 Å². The molecule has 5 rings (SSSR count). The zero-order valence-corrected chi connectivity index (χ0v) is 15.2. The predicted octanol–water partition coefficient (Wildman–Crippen LogP) is 3.41. The second-order valence-corrected chi connectivity index (χ2v) is 6.87. The number of para-hydroxylation sites is 1. The van der Waals surface area contributed by atoms with Gasteiger partial charge in [-0.25, -0.2) is 4.79 Å². The van der Waals surface area contributed by atoms with Crippen LogP contribution in [0.4, 0.5) is 0 Å². The Labute approximate surface area is 156 Å². The Kier molecular flexibility index (Phi) is 3.62. The molecule has 1 unspecified atom stereocenters. The molecule has 0 spiro atoms. The highest BCUT2D eigenvalue weighted by Crippen LogP contribution is 2.44. The SMILES string of the molecule is COc1ccc2c(c1OC)C(=O)OC2N1CCc2c([nH]c3ccccc23)C1. The number of carbonyl (C=O) groups is 1. The van der Waals surface area contributed by atoms with E-state index in [0.717, 1.165) is 24.0 Å². The highest BCUT2D eigenvalue weighted by atomic mass is 16.6. The molecular weight excluding hydrogens is 344 g/mol. The number of esters is 1. The summed E-state index contributed by atoms with van der Waals surface area (Å²) < 4.78 is 16.5. The van der Waals surface area contributed by atoms with Crippen molar-refractivity contribution in [3.63, 3.8) is 0 Å². The molecule has 3 aromatic rings. The molecule has 0 amide bonds. The third-order valence-electron chi connectivity index (χ3n) is 5.51. The zero-order chi connectivity index (χ0) is 18.5. The molecule has 6 nitrogen and oxygen atoms in total. The minimum atomic E-state index is -0.410. The number of cyclic esters (lactones) is 1. The minimum Gasteiger partial charge on any atom is -0.493 e. The highest BCUT2D eigenvalue weighted by molar-refractivity contribution is 5.98. The van der Waals surface area contributed by atoms with Gasteiger partial charge in [-0.05, 0) is 30.2 Å². The largest absolute Gasteiger partial charge is 0.493 e. The molecule has 0 saturated heterocycles. The number of hydrogen-bond donors (Lipinski definition) is 1. The minimum absolute atomic E-state index is 0.367. The van der Waals surface area contributed by atoms with Gasteiger partial charge in [0.2, 0.25) is 0 Å². The number of ether oxygens (including phenoxy) is 3.